The summed E-state index contributed by atoms with van der Waals surface area (Å²) in [6.07, 6.45) is 5.00. The van der Waals surface area contributed by atoms with Gasteiger partial charge in [0.1, 0.15) is 0 Å². The predicted molar refractivity (Wildman–Crippen MR) is 48.6 cm³/mol. The first-order valence-electron chi connectivity index (χ1n) is 3.50. The van der Waals surface area contributed by atoms with Gasteiger partial charge in [-0.05, 0) is 25.5 Å². The van der Waals surface area contributed by atoms with Gasteiger partial charge in [-0.3, -0.25) is 4.79 Å². The van der Waals surface area contributed by atoms with Crippen LogP contribution in [0.4, 0.5) is 0 Å². The van der Waals surface area contributed by atoms with Crippen LogP contribution < -0.4 is 0 Å². The molecule has 0 heterocycles. The minimum Gasteiger partial charge on any atom is -0.287 e. The third kappa shape index (κ3) is 1.92. The summed E-state index contributed by atoms with van der Waals surface area (Å²) in [6.45, 7) is 0. The molecule has 1 unspecified atom stereocenters. The summed E-state index contributed by atoms with van der Waals surface area (Å²) in [4.78, 5) is 11.1. The number of carbonyl (C=O) groups excluding carboxylic acids is 1. The quantitative estimate of drug-likeness (QED) is 0.615. The molecule has 1 aliphatic rings. The summed E-state index contributed by atoms with van der Waals surface area (Å²) in [5.41, 5.74) is 0. The highest BCUT2D eigenvalue weighted by Crippen LogP contribution is 2.31. The van der Waals surface area contributed by atoms with Gasteiger partial charge < -0.3 is 0 Å². The molecule has 0 aromatic heterocycles. The van der Waals surface area contributed by atoms with Crippen molar-refractivity contribution in [2.75, 3.05) is 6.26 Å². The van der Waals surface area contributed by atoms with Crippen molar-refractivity contribution in [1.29, 1.82) is 0 Å². The van der Waals surface area contributed by atoms with Crippen molar-refractivity contribution in [2.24, 2.45) is 5.92 Å². The largest absolute Gasteiger partial charge is 0.287 e. The zero-order valence-corrected chi connectivity index (χ0v) is 7.75. The van der Waals surface area contributed by atoms with Crippen molar-refractivity contribution >= 4 is 29.5 Å². The van der Waals surface area contributed by atoms with E-state index in [0.29, 0.717) is 16.3 Å². The Hall–Kier alpha value is 0.370. The number of thioether (sulfide) groups is 1. The maximum Gasteiger partial charge on any atom is 0.191 e. The van der Waals surface area contributed by atoms with E-state index >= 15 is 0 Å². The van der Waals surface area contributed by atoms with Gasteiger partial charge in [0.05, 0.1) is 0 Å². The van der Waals surface area contributed by atoms with E-state index in [4.69, 9.17) is 0 Å². The minimum absolute atomic E-state index is 0.303. The summed E-state index contributed by atoms with van der Waals surface area (Å²) >= 11 is 5.67. The third-order valence-corrected chi connectivity index (χ3v) is 3.14. The van der Waals surface area contributed by atoms with Crippen LogP contribution in [0.5, 0.6) is 0 Å². The summed E-state index contributed by atoms with van der Waals surface area (Å²) in [7, 11) is 0. The van der Waals surface area contributed by atoms with E-state index in [-0.39, 0.29) is 0 Å². The van der Waals surface area contributed by atoms with Gasteiger partial charge in [0.25, 0.3) is 0 Å². The van der Waals surface area contributed by atoms with E-state index < -0.39 is 0 Å². The lowest BCUT2D eigenvalue weighted by Gasteiger charge is -2.03. The highest BCUT2D eigenvalue weighted by Gasteiger charge is 2.26. The van der Waals surface area contributed by atoms with Crippen LogP contribution in [0.15, 0.2) is 0 Å². The Balaban J connectivity index is 2.37. The lowest BCUT2D eigenvalue weighted by molar-refractivity contribution is -0.114. The van der Waals surface area contributed by atoms with Crippen LogP contribution >= 0.6 is 24.4 Å². The molecule has 3 heteroatoms. The first-order chi connectivity index (χ1) is 4.74. The van der Waals surface area contributed by atoms with Gasteiger partial charge in [0.2, 0.25) is 0 Å². The summed E-state index contributed by atoms with van der Waals surface area (Å²) in [6, 6.07) is 0. The Morgan fingerprint density at radius 1 is 1.60 bits per heavy atom. The van der Waals surface area contributed by atoms with Crippen LogP contribution in [0.25, 0.3) is 0 Å². The van der Waals surface area contributed by atoms with E-state index in [1.165, 1.54) is 11.8 Å². The molecular weight excluding hydrogens is 164 g/mol. The van der Waals surface area contributed by atoms with Gasteiger partial charge in [0, 0.05) is 11.2 Å². The zero-order valence-electron chi connectivity index (χ0n) is 6.04. The molecule has 0 saturated heterocycles. The number of thiol groups is 1. The van der Waals surface area contributed by atoms with Gasteiger partial charge in [-0.2, -0.15) is 12.6 Å². The third-order valence-electron chi connectivity index (χ3n) is 1.94. The van der Waals surface area contributed by atoms with Crippen LogP contribution in [-0.4, -0.2) is 16.6 Å². The number of carbonyl (C=O) groups is 1. The fourth-order valence-electron chi connectivity index (χ4n) is 1.34. The smallest absolute Gasteiger partial charge is 0.191 e. The second kappa shape index (κ2) is 3.67. The van der Waals surface area contributed by atoms with Crippen molar-refractivity contribution in [3.05, 3.63) is 0 Å². The normalized spacial score (nSPS) is 32.6. The van der Waals surface area contributed by atoms with Crippen LogP contribution in [0, 0.1) is 5.92 Å². The summed E-state index contributed by atoms with van der Waals surface area (Å²) < 4.78 is 0. The average Bonchev–Trinajstić information content (AvgIpc) is 2.34. The topological polar surface area (TPSA) is 17.1 Å². The molecule has 10 heavy (non-hydrogen) atoms. The van der Waals surface area contributed by atoms with Gasteiger partial charge in [-0.1, -0.05) is 11.8 Å². The fraction of sp³-hybridized carbons (Fsp3) is 0.857. The van der Waals surface area contributed by atoms with Crippen molar-refractivity contribution in [1.82, 2.24) is 0 Å². The zero-order chi connectivity index (χ0) is 7.56. The van der Waals surface area contributed by atoms with Crippen LogP contribution in [-0.2, 0) is 4.79 Å². The fourth-order valence-corrected chi connectivity index (χ4v) is 2.29. The second-order valence-electron chi connectivity index (χ2n) is 2.69. The van der Waals surface area contributed by atoms with Gasteiger partial charge >= 0.3 is 0 Å². The van der Waals surface area contributed by atoms with E-state index in [0.717, 1.165) is 19.3 Å². The Kier molecular flexibility index (Phi) is 3.11. The Bertz CT molecular complexity index is 136. The van der Waals surface area contributed by atoms with Crippen molar-refractivity contribution in [2.45, 2.75) is 24.5 Å². The summed E-state index contributed by atoms with van der Waals surface area (Å²) in [5.74, 6) is 0.303. The molecule has 0 aromatic rings. The number of rotatable bonds is 1. The molecule has 0 spiro atoms. The van der Waals surface area contributed by atoms with E-state index in [9.17, 15) is 4.79 Å². The molecule has 1 fully saturated rings. The maximum atomic E-state index is 11.1. The van der Waals surface area contributed by atoms with Crippen molar-refractivity contribution in [3.8, 4) is 0 Å². The van der Waals surface area contributed by atoms with E-state index in [1.807, 2.05) is 6.26 Å². The van der Waals surface area contributed by atoms with E-state index in [2.05, 4.69) is 12.6 Å². The van der Waals surface area contributed by atoms with Gasteiger partial charge in [-0.25, -0.2) is 0 Å². The standard InChI is InChI=1S/C7H12OS2/c1-10-7(8)5-2-3-6(9)4-5/h5-6,9H,2-4H2,1H3/t5-,6?/m1/s1. The monoisotopic (exact) mass is 176 g/mol. The Morgan fingerprint density at radius 3 is 2.70 bits per heavy atom. The molecule has 2 atom stereocenters. The molecule has 58 valence electrons. The Labute approximate surface area is 71.4 Å². The highest BCUT2D eigenvalue weighted by atomic mass is 32.2. The molecule has 0 bridgehead atoms. The molecular formula is C7H12OS2. The SMILES string of the molecule is CSC(=O)[C@@H]1CCC(S)C1. The van der Waals surface area contributed by atoms with Crippen LogP contribution in [0.3, 0.4) is 0 Å². The molecule has 0 radical (unpaired) electrons. The lowest BCUT2D eigenvalue weighted by Crippen LogP contribution is -2.06. The molecule has 1 aliphatic carbocycles. The highest BCUT2D eigenvalue weighted by molar-refractivity contribution is 8.13. The molecule has 0 N–H and O–H groups in total. The summed E-state index contributed by atoms with van der Waals surface area (Å²) in [5, 5.41) is 0.817. The molecule has 1 rings (SSSR count). The molecule has 0 aromatic carbocycles. The molecule has 0 amide bonds. The van der Waals surface area contributed by atoms with Gasteiger partial charge in [-0.15, -0.1) is 0 Å². The lowest BCUT2D eigenvalue weighted by atomic mass is 10.1. The van der Waals surface area contributed by atoms with E-state index in [1.54, 1.807) is 0 Å². The molecule has 1 nitrogen and oxygen atoms in total. The average molecular weight is 176 g/mol. The minimum atomic E-state index is 0.303. The first-order valence-corrected chi connectivity index (χ1v) is 5.24. The van der Waals surface area contributed by atoms with Crippen molar-refractivity contribution in [3.63, 3.8) is 0 Å². The number of hydrogen-bond donors (Lipinski definition) is 1. The van der Waals surface area contributed by atoms with Gasteiger partial charge in [0.15, 0.2) is 5.12 Å². The van der Waals surface area contributed by atoms with Crippen LogP contribution in [0.1, 0.15) is 19.3 Å². The van der Waals surface area contributed by atoms with Crippen molar-refractivity contribution < 1.29 is 4.79 Å². The first kappa shape index (κ1) is 8.47. The Morgan fingerprint density at radius 2 is 2.30 bits per heavy atom. The second-order valence-corrected chi connectivity index (χ2v) is 4.23. The van der Waals surface area contributed by atoms with Crippen LogP contribution in [0.2, 0.25) is 0 Å². The molecule has 1 saturated carbocycles. The molecule has 0 aliphatic heterocycles. The predicted octanol–water partition coefficient (Wildman–Crippen LogP) is 1.97. The maximum absolute atomic E-state index is 11.1. The number of hydrogen-bond acceptors (Lipinski definition) is 3.